The minimum Gasteiger partial charge on any atom is -0.354 e. The van der Waals surface area contributed by atoms with Crippen LogP contribution in [0.2, 0.25) is 0 Å². The lowest BCUT2D eigenvalue weighted by Crippen LogP contribution is -2.38. The summed E-state index contributed by atoms with van der Waals surface area (Å²) in [5.41, 5.74) is 8.23. The van der Waals surface area contributed by atoms with Crippen LogP contribution in [0.3, 0.4) is 0 Å². The summed E-state index contributed by atoms with van der Waals surface area (Å²) in [6.45, 7) is 0. The number of hydrogen-bond donors (Lipinski definition) is 1. The molecule has 0 fully saturated rings. The monoisotopic (exact) mass is 440 g/mol. The SMILES string of the molecule is C1=CC2C=CC3C(c4cc5c(cc4N3C3=CCC4CCC=CC4=C3)[nH]c3ccccc35)C2C=C1. The summed E-state index contributed by atoms with van der Waals surface area (Å²) in [6, 6.07) is 14.0. The quantitative estimate of drug-likeness (QED) is 0.384. The summed E-state index contributed by atoms with van der Waals surface area (Å²) in [4.78, 5) is 6.35. The molecule has 2 heteroatoms. The fourth-order valence-corrected chi connectivity index (χ4v) is 7.17. The maximum absolute atomic E-state index is 3.70. The van der Waals surface area contributed by atoms with Gasteiger partial charge in [-0.15, -0.1) is 0 Å². The first-order valence-corrected chi connectivity index (χ1v) is 12.8. The molecule has 1 aliphatic heterocycles. The standard InChI is InChI=1S/C32H28N2/c1-2-9-22-17-23(15-13-20(22)7-1)34-30-16-14-21-8-3-4-10-24(21)32(30)27-18-26-25-11-5-6-12-28(25)33-29(26)19-31(27)34/h2-6,8-12,14-21,24,30,32-33H,1,7,13H2. The normalized spacial score (nSPS) is 30.7. The number of benzene rings is 2. The van der Waals surface area contributed by atoms with Crippen molar-refractivity contribution < 1.29 is 0 Å². The molecule has 0 saturated carbocycles. The zero-order valence-corrected chi connectivity index (χ0v) is 19.2. The number of para-hydroxylation sites is 1. The van der Waals surface area contributed by atoms with Crippen molar-refractivity contribution >= 4 is 27.5 Å². The second kappa shape index (κ2) is 6.99. The Bertz CT molecular complexity index is 1520. The highest BCUT2D eigenvalue weighted by Crippen LogP contribution is 2.54. The van der Waals surface area contributed by atoms with Crippen LogP contribution < -0.4 is 4.90 Å². The number of H-pyrrole nitrogens is 1. The Hall–Kier alpha value is -3.52. The van der Waals surface area contributed by atoms with Crippen LogP contribution in [0.1, 0.15) is 30.7 Å². The predicted molar refractivity (Wildman–Crippen MR) is 142 cm³/mol. The number of fused-ring (bicyclic) bond motifs is 9. The third-order valence-electron chi connectivity index (χ3n) is 8.77. The Morgan fingerprint density at radius 1 is 0.912 bits per heavy atom. The van der Waals surface area contributed by atoms with Gasteiger partial charge in [0.25, 0.3) is 0 Å². The number of hydrogen-bond acceptors (Lipinski definition) is 1. The van der Waals surface area contributed by atoms with E-state index in [0.717, 1.165) is 6.42 Å². The number of anilines is 1. The molecule has 1 N–H and O–H groups in total. The molecule has 0 amide bonds. The Balaban J connectivity index is 1.35. The summed E-state index contributed by atoms with van der Waals surface area (Å²) in [6.07, 6.45) is 27.6. The van der Waals surface area contributed by atoms with Gasteiger partial charge in [0.15, 0.2) is 0 Å². The van der Waals surface area contributed by atoms with Crippen molar-refractivity contribution in [2.75, 3.05) is 4.90 Å². The van der Waals surface area contributed by atoms with E-state index in [9.17, 15) is 0 Å². The largest absolute Gasteiger partial charge is 0.354 e. The molecule has 1 aromatic heterocycles. The van der Waals surface area contributed by atoms with Crippen LogP contribution in [0, 0.1) is 17.8 Å². The van der Waals surface area contributed by atoms with E-state index in [4.69, 9.17) is 0 Å². The molecular weight excluding hydrogens is 412 g/mol. The topological polar surface area (TPSA) is 19.0 Å². The van der Waals surface area contributed by atoms with Gasteiger partial charge in [0.2, 0.25) is 0 Å². The molecule has 0 spiro atoms. The van der Waals surface area contributed by atoms with Crippen molar-refractivity contribution in [1.82, 2.24) is 4.98 Å². The highest BCUT2D eigenvalue weighted by Gasteiger charge is 2.46. The molecule has 5 aliphatic rings. The van der Waals surface area contributed by atoms with Gasteiger partial charge in [-0.1, -0.05) is 72.9 Å². The molecule has 5 unspecified atom stereocenters. The molecule has 0 bridgehead atoms. The van der Waals surface area contributed by atoms with Crippen molar-refractivity contribution in [3.63, 3.8) is 0 Å². The molecule has 2 heterocycles. The lowest BCUT2D eigenvalue weighted by Gasteiger charge is -2.39. The van der Waals surface area contributed by atoms with Crippen LogP contribution in [0.25, 0.3) is 21.8 Å². The number of allylic oxidation sites excluding steroid dienone is 10. The maximum Gasteiger partial charge on any atom is 0.0597 e. The van der Waals surface area contributed by atoms with E-state index in [2.05, 4.69) is 107 Å². The first kappa shape index (κ1) is 18.9. The van der Waals surface area contributed by atoms with Gasteiger partial charge in [-0.3, -0.25) is 0 Å². The van der Waals surface area contributed by atoms with E-state index in [-0.39, 0.29) is 0 Å². The minimum atomic E-state index is 0.359. The van der Waals surface area contributed by atoms with Crippen molar-refractivity contribution in [2.45, 2.75) is 31.2 Å². The fraction of sp³-hybridized carbons (Fsp3) is 0.250. The highest BCUT2D eigenvalue weighted by molar-refractivity contribution is 6.09. The van der Waals surface area contributed by atoms with Gasteiger partial charge in [-0.25, -0.2) is 0 Å². The van der Waals surface area contributed by atoms with Crippen LogP contribution in [0.15, 0.2) is 108 Å². The zero-order valence-electron chi connectivity index (χ0n) is 19.2. The molecule has 4 aliphatic carbocycles. The summed E-state index contributed by atoms with van der Waals surface area (Å²) in [5.74, 6) is 2.15. The third kappa shape index (κ3) is 2.57. The lowest BCUT2D eigenvalue weighted by atomic mass is 9.70. The molecule has 5 atom stereocenters. The molecule has 2 nitrogen and oxygen atoms in total. The van der Waals surface area contributed by atoms with Gasteiger partial charge in [0, 0.05) is 45.0 Å². The van der Waals surface area contributed by atoms with E-state index in [1.807, 2.05) is 0 Å². The molecule has 34 heavy (non-hydrogen) atoms. The lowest BCUT2D eigenvalue weighted by molar-refractivity contribution is 0.405. The number of aromatic nitrogens is 1. The zero-order chi connectivity index (χ0) is 22.2. The highest BCUT2D eigenvalue weighted by atomic mass is 15.2. The van der Waals surface area contributed by atoms with Crippen LogP contribution >= 0.6 is 0 Å². The van der Waals surface area contributed by atoms with Crippen molar-refractivity contribution in [2.24, 2.45) is 17.8 Å². The van der Waals surface area contributed by atoms with Crippen molar-refractivity contribution in [3.8, 4) is 0 Å². The second-order valence-corrected chi connectivity index (χ2v) is 10.5. The molecule has 3 aromatic rings. The third-order valence-corrected chi connectivity index (χ3v) is 8.77. The molecule has 166 valence electrons. The predicted octanol–water partition coefficient (Wildman–Crippen LogP) is 7.70. The molecule has 2 aromatic carbocycles. The summed E-state index contributed by atoms with van der Waals surface area (Å²) in [5, 5.41) is 2.68. The second-order valence-electron chi connectivity index (χ2n) is 10.5. The first-order valence-electron chi connectivity index (χ1n) is 12.8. The average molecular weight is 441 g/mol. The van der Waals surface area contributed by atoms with E-state index in [1.54, 1.807) is 0 Å². The van der Waals surface area contributed by atoms with Gasteiger partial charge in [0.1, 0.15) is 0 Å². The molecule has 0 radical (unpaired) electrons. The number of nitrogens with one attached hydrogen (secondary N) is 1. The smallest absolute Gasteiger partial charge is 0.0597 e. The fourth-order valence-electron chi connectivity index (χ4n) is 7.17. The van der Waals surface area contributed by atoms with Crippen LogP contribution in [0.4, 0.5) is 5.69 Å². The van der Waals surface area contributed by atoms with E-state index < -0.39 is 0 Å². The molecule has 8 rings (SSSR count). The first-order chi connectivity index (χ1) is 16.8. The van der Waals surface area contributed by atoms with E-state index in [0.29, 0.717) is 29.7 Å². The Morgan fingerprint density at radius 2 is 1.85 bits per heavy atom. The maximum atomic E-state index is 3.70. The van der Waals surface area contributed by atoms with E-state index >= 15 is 0 Å². The number of nitrogens with zero attached hydrogens (tertiary/aromatic N) is 1. The summed E-state index contributed by atoms with van der Waals surface area (Å²) >= 11 is 0. The van der Waals surface area contributed by atoms with Crippen molar-refractivity contribution in [1.29, 1.82) is 0 Å². The number of aromatic amines is 1. The average Bonchev–Trinajstić information content (AvgIpc) is 3.42. The molecule has 0 saturated heterocycles. The summed E-state index contributed by atoms with van der Waals surface area (Å²) in [7, 11) is 0. The molecular formula is C32H28N2. The van der Waals surface area contributed by atoms with Crippen LogP contribution in [-0.4, -0.2) is 11.0 Å². The van der Waals surface area contributed by atoms with Crippen LogP contribution in [-0.2, 0) is 0 Å². The van der Waals surface area contributed by atoms with E-state index in [1.165, 1.54) is 57.2 Å². The van der Waals surface area contributed by atoms with Gasteiger partial charge in [-0.05, 0) is 66.5 Å². The Morgan fingerprint density at radius 3 is 2.85 bits per heavy atom. The Kier molecular flexibility index (Phi) is 3.88. The van der Waals surface area contributed by atoms with Crippen LogP contribution in [0.5, 0.6) is 0 Å². The van der Waals surface area contributed by atoms with Gasteiger partial charge in [-0.2, -0.15) is 0 Å². The van der Waals surface area contributed by atoms with Crippen molar-refractivity contribution in [3.05, 3.63) is 114 Å². The number of rotatable bonds is 1. The van der Waals surface area contributed by atoms with Gasteiger partial charge >= 0.3 is 0 Å². The van der Waals surface area contributed by atoms with Gasteiger partial charge < -0.3 is 9.88 Å². The Labute approximate surface area is 200 Å². The van der Waals surface area contributed by atoms with Gasteiger partial charge in [0.05, 0.1) is 6.04 Å². The summed E-state index contributed by atoms with van der Waals surface area (Å²) < 4.78 is 0. The minimum absolute atomic E-state index is 0.359.